The molecule has 2 aromatic rings. The van der Waals surface area contributed by atoms with E-state index in [9.17, 15) is 9.90 Å². The first-order valence-electron chi connectivity index (χ1n) is 4.63. The smallest absolute Gasteiger partial charge is 0.337 e. The molecule has 1 aromatic carbocycles. The maximum Gasteiger partial charge on any atom is 0.337 e. The molecule has 0 amide bonds. The number of nitrogens with zero attached hydrogens (tertiary/aromatic N) is 1. The van der Waals surface area contributed by atoms with E-state index in [0.29, 0.717) is 25.5 Å². The number of fused-ring (bicyclic) bond motifs is 1. The lowest BCUT2D eigenvalue weighted by Gasteiger charge is -2.08. The number of hydrogen-bond acceptors (Lipinski definition) is 3. The largest absolute Gasteiger partial charge is 0.505 e. The van der Waals surface area contributed by atoms with Gasteiger partial charge in [-0.2, -0.15) is 0 Å². The van der Waals surface area contributed by atoms with Crippen LogP contribution in [0.4, 0.5) is 0 Å². The van der Waals surface area contributed by atoms with Gasteiger partial charge in [0.05, 0.1) is 15.7 Å². The molecule has 0 fully saturated rings. The van der Waals surface area contributed by atoms with Crippen molar-refractivity contribution in [2.75, 3.05) is 0 Å². The van der Waals surface area contributed by atoms with E-state index in [2.05, 4.69) is 36.8 Å². The van der Waals surface area contributed by atoms with E-state index in [4.69, 9.17) is 5.11 Å². The van der Waals surface area contributed by atoms with Crippen LogP contribution in [0.15, 0.2) is 21.1 Å². The van der Waals surface area contributed by atoms with Crippen LogP contribution in [-0.2, 0) is 0 Å². The highest BCUT2D eigenvalue weighted by Gasteiger charge is 2.15. The van der Waals surface area contributed by atoms with Crippen LogP contribution in [0, 0.1) is 6.92 Å². The second-order valence-corrected chi connectivity index (χ2v) is 5.22. The number of phenolic OH excluding ortho intramolecular Hbond substituents is 1. The van der Waals surface area contributed by atoms with E-state index in [0.717, 1.165) is 0 Å². The van der Waals surface area contributed by atoms with Crippen molar-refractivity contribution in [2.45, 2.75) is 6.92 Å². The Morgan fingerprint density at radius 2 is 1.94 bits per heavy atom. The third-order valence-electron chi connectivity index (χ3n) is 2.40. The van der Waals surface area contributed by atoms with E-state index in [1.54, 1.807) is 13.0 Å². The third-order valence-corrected chi connectivity index (χ3v) is 3.67. The number of aromatic hydroxyl groups is 1. The molecule has 0 spiro atoms. The molecule has 1 heterocycles. The van der Waals surface area contributed by atoms with Crippen LogP contribution in [0.5, 0.6) is 5.75 Å². The lowest BCUT2D eigenvalue weighted by molar-refractivity contribution is 0.0696. The van der Waals surface area contributed by atoms with E-state index in [1.807, 2.05) is 0 Å². The van der Waals surface area contributed by atoms with Crippen LogP contribution in [0.1, 0.15) is 16.1 Å². The molecular formula is C11H7Br2NO3. The van der Waals surface area contributed by atoms with E-state index >= 15 is 0 Å². The Hall–Kier alpha value is -1.14. The van der Waals surface area contributed by atoms with Crippen LogP contribution in [0.3, 0.4) is 0 Å². The molecule has 1 aromatic heterocycles. The lowest BCUT2D eigenvalue weighted by Crippen LogP contribution is -2.02. The summed E-state index contributed by atoms with van der Waals surface area (Å²) in [5, 5.41) is 19.4. The number of hydrogen-bond donors (Lipinski definition) is 2. The molecule has 4 nitrogen and oxygen atoms in total. The van der Waals surface area contributed by atoms with Gasteiger partial charge in [0.25, 0.3) is 0 Å². The van der Waals surface area contributed by atoms with Gasteiger partial charge in [0, 0.05) is 9.86 Å². The predicted octanol–water partition coefficient (Wildman–Crippen LogP) is 3.47. The maximum absolute atomic E-state index is 11.0. The quantitative estimate of drug-likeness (QED) is 0.816. The van der Waals surface area contributed by atoms with Gasteiger partial charge in [-0.3, -0.25) is 0 Å². The fourth-order valence-corrected chi connectivity index (χ4v) is 2.81. The molecule has 0 radical (unpaired) electrons. The Bertz CT molecular complexity index is 640. The number of benzene rings is 1. The van der Waals surface area contributed by atoms with Crippen molar-refractivity contribution in [1.82, 2.24) is 4.98 Å². The number of carboxylic acids is 1. The van der Waals surface area contributed by atoms with Crippen molar-refractivity contribution in [2.24, 2.45) is 0 Å². The van der Waals surface area contributed by atoms with E-state index in [-0.39, 0.29) is 11.3 Å². The fraction of sp³-hybridized carbons (Fsp3) is 0.0909. The van der Waals surface area contributed by atoms with Gasteiger partial charge in [-0.05, 0) is 35.0 Å². The number of pyridine rings is 1. The molecular weight excluding hydrogens is 354 g/mol. The monoisotopic (exact) mass is 359 g/mol. The number of halogens is 2. The highest BCUT2D eigenvalue weighted by molar-refractivity contribution is 9.11. The normalized spacial score (nSPS) is 10.8. The topological polar surface area (TPSA) is 70.4 Å². The van der Waals surface area contributed by atoms with Crippen LogP contribution in [0.2, 0.25) is 0 Å². The first kappa shape index (κ1) is 12.3. The average molecular weight is 361 g/mol. The zero-order chi connectivity index (χ0) is 12.7. The number of carbonyl (C=O) groups is 1. The van der Waals surface area contributed by atoms with Crippen LogP contribution in [-0.4, -0.2) is 21.2 Å². The Labute approximate surface area is 114 Å². The van der Waals surface area contributed by atoms with Gasteiger partial charge in [-0.15, -0.1) is 0 Å². The summed E-state index contributed by atoms with van der Waals surface area (Å²) in [6, 6.07) is 3.15. The lowest BCUT2D eigenvalue weighted by atomic mass is 10.1. The van der Waals surface area contributed by atoms with Gasteiger partial charge in [-0.1, -0.05) is 15.9 Å². The molecule has 0 saturated heterocycles. The fourth-order valence-electron chi connectivity index (χ4n) is 1.55. The number of aryl methyl sites for hydroxylation is 1. The predicted molar refractivity (Wildman–Crippen MR) is 70.5 cm³/mol. The first-order valence-corrected chi connectivity index (χ1v) is 6.22. The minimum absolute atomic E-state index is 0.00300. The third kappa shape index (κ3) is 2.02. The number of carboxylic acid groups (broad SMARTS) is 1. The molecule has 88 valence electrons. The number of rotatable bonds is 1. The number of phenols is 1. The molecule has 0 aliphatic carbocycles. The zero-order valence-corrected chi connectivity index (χ0v) is 11.8. The van der Waals surface area contributed by atoms with Crippen molar-refractivity contribution in [3.63, 3.8) is 0 Å². The molecule has 0 aliphatic rings. The van der Waals surface area contributed by atoms with Gasteiger partial charge in [0.15, 0.2) is 5.75 Å². The van der Waals surface area contributed by atoms with Crippen molar-refractivity contribution < 1.29 is 15.0 Å². The summed E-state index contributed by atoms with van der Waals surface area (Å²) in [5.41, 5.74) is 0.860. The Morgan fingerprint density at radius 1 is 1.29 bits per heavy atom. The molecule has 0 bridgehead atoms. The van der Waals surface area contributed by atoms with Crippen molar-refractivity contribution in [3.05, 3.63) is 32.3 Å². The van der Waals surface area contributed by atoms with Crippen LogP contribution < -0.4 is 0 Å². The summed E-state index contributed by atoms with van der Waals surface area (Å²) < 4.78 is 1.18. The molecule has 0 unspecified atom stereocenters. The van der Waals surface area contributed by atoms with Crippen molar-refractivity contribution in [1.29, 1.82) is 0 Å². The molecule has 2 N–H and O–H groups in total. The Balaban J connectivity index is 2.92. The summed E-state index contributed by atoms with van der Waals surface area (Å²) in [7, 11) is 0. The molecule has 17 heavy (non-hydrogen) atoms. The van der Waals surface area contributed by atoms with Gasteiger partial charge in [0.1, 0.15) is 5.52 Å². The molecule has 0 aliphatic heterocycles. The van der Waals surface area contributed by atoms with Crippen LogP contribution in [0.25, 0.3) is 10.9 Å². The van der Waals surface area contributed by atoms with E-state index < -0.39 is 5.97 Å². The summed E-state index contributed by atoms with van der Waals surface area (Å²) in [4.78, 5) is 15.1. The highest BCUT2D eigenvalue weighted by Crippen LogP contribution is 2.37. The number of aromatic carboxylic acids is 1. The minimum Gasteiger partial charge on any atom is -0.505 e. The highest BCUT2D eigenvalue weighted by atomic mass is 79.9. The minimum atomic E-state index is -1.04. The van der Waals surface area contributed by atoms with Crippen LogP contribution >= 0.6 is 31.9 Å². The molecule has 0 saturated carbocycles. The van der Waals surface area contributed by atoms with Gasteiger partial charge >= 0.3 is 5.97 Å². The first-order chi connectivity index (χ1) is 7.91. The standard InChI is InChI=1S/C11H7Br2NO3/c1-4-5(11(16)17)2-6-7(12)3-8(13)10(15)9(6)14-4/h2-3,15H,1H3,(H,16,17). The number of aromatic nitrogens is 1. The molecule has 0 atom stereocenters. The Morgan fingerprint density at radius 3 is 2.53 bits per heavy atom. The average Bonchev–Trinajstić information content (AvgIpc) is 2.25. The molecule has 2 rings (SSSR count). The summed E-state index contributed by atoms with van der Waals surface area (Å²) in [5.74, 6) is -1.03. The van der Waals surface area contributed by atoms with Crippen molar-refractivity contribution in [3.8, 4) is 5.75 Å². The Kier molecular flexibility index (Phi) is 3.09. The van der Waals surface area contributed by atoms with Crippen molar-refractivity contribution >= 4 is 48.7 Å². The van der Waals surface area contributed by atoms with Gasteiger partial charge in [-0.25, -0.2) is 9.78 Å². The summed E-state index contributed by atoms with van der Waals surface area (Å²) >= 11 is 6.52. The van der Waals surface area contributed by atoms with Gasteiger partial charge < -0.3 is 10.2 Å². The summed E-state index contributed by atoms with van der Waals surface area (Å²) in [6.07, 6.45) is 0. The zero-order valence-electron chi connectivity index (χ0n) is 8.66. The second-order valence-electron chi connectivity index (χ2n) is 3.51. The SMILES string of the molecule is Cc1nc2c(O)c(Br)cc(Br)c2cc1C(=O)O. The van der Waals surface area contributed by atoms with Gasteiger partial charge in [0.2, 0.25) is 0 Å². The molecule has 6 heteroatoms. The van der Waals surface area contributed by atoms with E-state index in [1.165, 1.54) is 6.07 Å². The summed E-state index contributed by atoms with van der Waals surface area (Å²) in [6.45, 7) is 1.59. The second kappa shape index (κ2) is 4.27. The maximum atomic E-state index is 11.0.